The Morgan fingerprint density at radius 3 is 2.47 bits per heavy atom. The molecule has 17 heavy (non-hydrogen) atoms. The topological polar surface area (TPSA) is 78.4 Å². The Morgan fingerprint density at radius 1 is 1.47 bits per heavy atom. The number of nitrogens with two attached hydrogens (primary N) is 1. The number of halogens is 3. The van der Waals surface area contributed by atoms with E-state index >= 15 is 0 Å². The minimum Gasteiger partial charge on any atom is -0.406 e. The van der Waals surface area contributed by atoms with E-state index in [9.17, 15) is 23.3 Å². The molecular formula is C9H9F3N2O3. The molecule has 1 rings (SSSR count). The molecule has 0 atom stereocenters. The van der Waals surface area contributed by atoms with E-state index in [0.717, 1.165) is 6.07 Å². The van der Waals surface area contributed by atoms with Gasteiger partial charge >= 0.3 is 6.36 Å². The Balaban J connectivity index is 3.25. The molecule has 0 unspecified atom stereocenters. The minimum atomic E-state index is -4.88. The van der Waals surface area contributed by atoms with Gasteiger partial charge in [-0.25, -0.2) is 0 Å². The summed E-state index contributed by atoms with van der Waals surface area (Å²) in [6.45, 7) is 1.30. The molecule has 0 aliphatic carbocycles. The number of alkyl halides is 3. The van der Waals surface area contributed by atoms with Gasteiger partial charge in [0.25, 0.3) is 5.69 Å². The van der Waals surface area contributed by atoms with Crippen molar-refractivity contribution in [1.82, 2.24) is 0 Å². The van der Waals surface area contributed by atoms with Gasteiger partial charge in [-0.05, 0) is 18.6 Å². The summed E-state index contributed by atoms with van der Waals surface area (Å²) < 4.78 is 39.5. The van der Waals surface area contributed by atoms with E-state index in [4.69, 9.17) is 5.73 Å². The quantitative estimate of drug-likeness (QED) is 0.659. The van der Waals surface area contributed by atoms with Gasteiger partial charge in [-0.15, -0.1) is 13.2 Å². The van der Waals surface area contributed by atoms with Crippen LogP contribution in [0.1, 0.15) is 11.1 Å². The van der Waals surface area contributed by atoms with Crippen molar-refractivity contribution in [1.29, 1.82) is 0 Å². The smallest absolute Gasteiger partial charge is 0.406 e. The largest absolute Gasteiger partial charge is 0.573 e. The maximum absolute atomic E-state index is 12.0. The van der Waals surface area contributed by atoms with E-state index in [1.54, 1.807) is 0 Å². The fourth-order valence-electron chi connectivity index (χ4n) is 1.39. The lowest BCUT2D eigenvalue weighted by Gasteiger charge is -2.11. The van der Waals surface area contributed by atoms with E-state index in [0.29, 0.717) is 6.07 Å². The van der Waals surface area contributed by atoms with Gasteiger partial charge in [0.2, 0.25) is 0 Å². The third kappa shape index (κ3) is 3.31. The zero-order chi connectivity index (χ0) is 13.2. The fraction of sp³-hybridized carbons (Fsp3) is 0.333. The second-order valence-electron chi connectivity index (χ2n) is 3.25. The van der Waals surface area contributed by atoms with Crippen LogP contribution in [0.2, 0.25) is 0 Å². The monoisotopic (exact) mass is 250 g/mol. The highest BCUT2D eigenvalue weighted by Gasteiger charge is 2.32. The Hall–Kier alpha value is -1.83. The molecule has 1 aromatic carbocycles. The molecule has 2 N–H and O–H groups in total. The summed E-state index contributed by atoms with van der Waals surface area (Å²) in [7, 11) is 0. The van der Waals surface area contributed by atoms with Crippen LogP contribution < -0.4 is 10.5 Å². The number of hydrogen-bond acceptors (Lipinski definition) is 4. The second-order valence-corrected chi connectivity index (χ2v) is 3.25. The van der Waals surface area contributed by atoms with Gasteiger partial charge in [-0.3, -0.25) is 10.1 Å². The first-order valence-corrected chi connectivity index (χ1v) is 4.48. The molecule has 0 spiro atoms. The van der Waals surface area contributed by atoms with Gasteiger partial charge in [-0.1, -0.05) is 0 Å². The zero-order valence-corrected chi connectivity index (χ0v) is 8.75. The zero-order valence-electron chi connectivity index (χ0n) is 8.75. The number of ether oxygens (including phenoxy) is 1. The van der Waals surface area contributed by atoms with Crippen molar-refractivity contribution in [2.24, 2.45) is 5.73 Å². The van der Waals surface area contributed by atoms with Gasteiger partial charge in [0.1, 0.15) is 5.75 Å². The number of nitro benzene ring substituents is 1. The van der Waals surface area contributed by atoms with Crippen LogP contribution in [-0.4, -0.2) is 11.3 Å². The molecular weight excluding hydrogens is 241 g/mol. The van der Waals surface area contributed by atoms with E-state index in [1.165, 1.54) is 6.92 Å². The molecule has 94 valence electrons. The standard InChI is InChI=1S/C9H9F3N2O3/c1-5-2-6(17-9(10,11)12)3-8(14(15)16)7(5)4-13/h2-3H,4,13H2,1H3. The molecule has 0 fully saturated rings. The molecule has 1 aromatic rings. The van der Waals surface area contributed by atoms with Crippen LogP contribution in [0.5, 0.6) is 5.75 Å². The fourth-order valence-corrected chi connectivity index (χ4v) is 1.39. The molecule has 8 heteroatoms. The Labute approximate surface area is 94.1 Å². The van der Waals surface area contributed by atoms with Crippen LogP contribution in [0.25, 0.3) is 0 Å². The van der Waals surface area contributed by atoms with Gasteiger partial charge in [0, 0.05) is 12.1 Å². The van der Waals surface area contributed by atoms with Crippen molar-refractivity contribution >= 4 is 5.69 Å². The number of rotatable bonds is 3. The van der Waals surface area contributed by atoms with E-state index < -0.39 is 22.7 Å². The second kappa shape index (κ2) is 4.58. The first-order chi connectivity index (χ1) is 7.74. The summed E-state index contributed by atoms with van der Waals surface area (Å²) in [4.78, 5) is 9.87. The molecule has 0 saturated heterocycles. The lowest BCUT2D eigenvalue weighted by Crippen LogP contribution is -2.17. The first kappa shape index (κ1) is 13.2. The molecule has 0 amide bonds. The normalized spacial score (nSPS) is 11.4. The highest BCUT2D eigenvalue weighted by Crippen LogP contribution is 2.31. The molecule has 0 heterocycles. The first-order valence-electron chi connectivity index (χ1n) is 4.48. The van der Waals surface area contributed by atoms with E-state index in [1.807, 2.05) is 0 Å². The van der Waals surface area contributed by atoms with Crippen LogP contribution in [0.4, 0.5) is 18.9 Å². The van der Waals surface area contributed by atoms with Gasteiger partial charge in [0.15, 0.2) is 0 Å². The predicted octanol–water partition coefficient (Wildman–Crippen LogP) is 2.26. The Morgan fingerprint density at radius 2 is 2.06 bits per heavy atom. The Bertz CT molecular complexity index is 446. The number of benzene rings is 1. The summed E-state index contributed by atoms with van der Waals surface area (Å²) in [6, 6.07) is 1.77. The van der Waals surface area contributed by atoms with Gasteiger partial charge in [-0.2, -0.15) is 0 Å². The summed E-state index contributed by atoms with van der Waals surface area (Å²) >= 11 is 0. The highest BCUT2D eigenvalue weighted by atomic mass is 19.4. The summed E-state index contributed by atoms with van der Waals surface area (Å²) in [5, 5.41) is 10.7. The van der Waals surface area contributed by atoms with Crippen LogP contribution in [0.3, 0.4) is 0 Å². The number of aryl methyl sites for hydroxylation is 1. The lowest BCUT2D eigenvalue weighted by atomic mass is 10.1. The van der Waals surface area contributed by atoms with Crippen molar-refractivity contribution in [3.63, 3.8) is 0 Å². The highest BCUT2D eigenvalue weighted by molar-refractivity contribution is 5.50. The molecule has 0 radical (unpaired) electrons. The molecule has 0 saturated carbocycles. The predicted molar refractivity (Wildman–Crippen MR) is 52.4 cm³/mol. The van der Waals surface area contributed by atoms with Gasteiger partial charge in [0.05, 0.1) is 11.0 Å². The maximum atomic E-state index is 12.0. The summed E-state index contributed by atoms with van der Waals surface area (Å²) in [5.74, 6) is -0.626. The molecule has 0 aliphatic heterocycles. The van der Waals surface area contributed by atoms with Crippen LogP contribution in [0, 0.1) is 17.0 Å². The average molecular weight is 250 g/mol. The molecule has 5 nitrogen and oxygen atoms in total. The number of nitrogens with zero attached hydrogens (tertiary/aromatic N) is 1. The van der Waals surface area contributed by atoms with E-state index in [-0.39, 0.29) is 17.7 Å². The van der Waals surface area contributed by atoms with Gasteiger partial charge < -0.3 is 10.5 Å². The van der Waals surface area contributed by atoms with Crippen molar-refractivity contribution in [2.45, 2.75) is 19.8 Å². The molecule has 0 aliphatic rings. The molecule has 0 aromatic heterocycles. The average Bonchev–Trinajstić information content (AvgIpc) is 2.13. The number of hydrogen-bond donors (Lipinski definition) is 1. The summed E-state index contributed by atoms with van der Waals surface area (Å²) in [6.07, 6.45) is -4.88. The molecule has 0 bridgehead atoms. The summed E-state index contributed by atoms with van der Waals surface area (Å²) in [5.41, 5.74) is 5.28. The number of nitro groups is 1. The van der Waals surface area contributed by atoms with Crippen molar-refractivity contribution in [3.8, 4) is 5.75 Å². The SMILES string of the molecule is Cc1cc(OC(F)(F)F)cc([N+](=O)[O-])c1CN. The van der Waals surface area contributed by atoms with Crippen molar-refractivity contribution < 1.29 is 22.8 Å². The minimum absolute atomic E-state index is 0.131. The Kier molecular flexibility index (Phi) is 3.56. The third-order valence-electron chi connectivity index (χ3n) is 2.06. The van der Waals surface area contributed by atoms with Crippen LogP contribution in [-0.2, 0) is 6.54 Å². The van der Waals surface area contributed by atoms with Crippen molar-refractivity contribution in [3.05, 3.63) is 33.4 Å². The maximum Gasteiger partial charge on any atom is 0.573 e. The van der Waals surface area contributed by atoms with Crippen molar-refractivity contribution in [2.75, 3.05) is 0 Å². The van der Waals surface area contributed by atoms with Crippen LogP contribution >= 0.6 is 0 Å². The lowest BCUT2D eigenvalue weighted by molar-refractivity contribution is -0.385. The van der Waals surface area contributed by atoms with E-state index in [2.05, 4.69) is 4.74 Å². The third-order valence-corrected chi connectivity index (χ3v) is 2.06. The van der Waals surface area contributed by atoms with Crippen LogP contribution in [0.15, 0.2) is 12.1 Å².